The van der Waals surface area contributed by atoms with Crippen molar-refractivity contribution < 1.29 is 4.52 Å². The molecule has 0 saturated heterocycles. The van der Waals surface area contributed by atoms with Crippen LogP contribution in [0.15, 0.2) is 47.2 Å². The Morgan fingerprint density at radius 1 is 1.26 bits per heavy atom. The van der Waals surface area contributed by atoms with Crippen LogP contribution >= 0.6 is 0 Å². The van der Waals surface area contributed by atoms with Gasteiger partial charge in [0.25, 0.3) is 0 Å². The van der Waals surface area contributed by atoms with Gasteiger partial charge in [-0.25, -0.2) is 0 Å². The monoisotopic (exact) mass is 255 g/mol. The lowest BCUT2D eigenvalue weighted by Gasteiger charge is -2.01. The van der Waals surface area contributed by atoms with Crippen molar-refractivity contribution >= 4 is 0 Å². The molecule has 0 radical (unpaired) electrons. The maximum absolute atomic E-state index is 6.07. The van der Waals surface area contributed by atoms with E-state index in [9.17, 15) is 0 Å². The molecule has 1 aromatic carbocycles. The van der Waals surface area contributed by atoms with Gasteiger partial charge in [-0.05, 0) is 0 Å². The van der Waals surface area contributed by atoms with Crippen molar-refractivity contribution in [1.82, 2.24) is 19.9 Å². The van der Waals surface area contributed by atoms with Crippen molar-refractivity contribution in [2.45, 2.75) is 6.04 Å². The van der Waals surface area contributed by atoms with Crippen molar-refractivity contribution in [1.29, 1.82) is 0 Å². The van der Waals surface area contributed by atoms with E-state index in [4.69, 9.17) is 10.3 Å². The van der Waals surface area contributed by atoms with Crippen LogP contribution < -0.4 is 5.73 Å². The number of aromatic nitrogens is 4. The molecular weight excluding hydrogens is 242 g/mol. The first-order valence-electron chi connectivity index (χ1n) is 5.87. The molecule has 2 heterocycles. The summed E-state index contributed by atoms with van der Waals surface area (Å²) < 4.78 is 6.91. The molecule has 3 rings (SSSR count). The summed E-state index contributed by atoms with van der Waals surface area (Å²) in [5.41, 5.74) is 7.81. The van der Waals surface area contributed by atoms with E-state index in [2.05, 4.69) is 15.2 Å². The van der Waals surface area contributed by atoms with Crippen LogP contribution in [0.3, 0.4) is 0 Å². The molecule has 0 aliphatic rings. The van der Waals surface area contributed by atoms with E-state index >= 15 is 0 Å². The van der Waals surface area contributed by atoms with Gasteiger partial charge in [0.1, 0.15) is 6.04 Å². The van der Waals surface area contributed by atoms with Crippen LogP contribution in [-0.4, -0.2) is 19.9 Å². The van der Waals surface area contributed by atoms with Gasteiger partial charge in [-0.3, -0.25) is 4.68 Å². The molecule has 0 aliphatic heterocycles. The fraction of sp³-hybridized carbons (Fsp3) is 0.154. The minimum Gasteiger partial charge on any atom is -0.337 e. The van der Waals surface area contributed by atoms with Gasteiger partial charge in [0, 0.05) is 24.4 Å². The van der Waals surface area contributed by atoms with Gasteiger partial charge in [-0.1, -0.05) is 35.5 Å². The Balaban J connectivity index is 1.89. The van der Waals surface area contributed by atoms with Gasteiger partial charge in [0.2, 0.25) is 11.7 Å². The average molecular weight is 255 g/mol. The Kier molecular flexibility index (Phi) is 2.85. The molecule has 0 fully saturated rings. The van der Waals surface area contributed by atoms with Gasteiger partial charge < -0.3 is 10.3 Å². The fourth-order valence-electron chi connectivity index (χ4n) is 1.81. The Morgan fingerprint density at radius 3 is 2.74 bits per heavy atom. The first kappa shape index (κ1) is 11.6. The SMILES string of the molecule is Cn1cc(C(N)c2nc(-c3ccccc3)no2)cn1. The van der Waals surface area contributed by atoms with Crippen LogP contribution in [0.1, 0.15) is 17.5 Å². The second kappa shape index (κ2) is 4.66. The summed E-state index contributed by atoms with van der Waals surface area (Å²) >= 11 is 0. The minimum absolute atomic E-state index is 0.381. The molecule has 2 N–H and O–H groups in total. The number of hydrogen-bond acceptors (Lipinski definition) is 5. The highest BCUT2D eigenvalue weighted by molar-refractivity contribution is 5.53. The number of nitrogens with two attached hydrogens (primary N) is 1. The third-order valence-corrected chi connectivity index (χ3v) is 2.82. The second-order valence-electron chi connectivity index (χ2n) is 4.25. The summed E-state index contributed by atoms with van der Waals surface area (Å²) in [4.78, 5) is 4.33. The highest BCUT2D eigenvalue weighted by Gasteiger charge is 2.18. The predicted molar refractivity (Wildman–Crippen MR) is 69.0 cm³/mol. The van der Waals surface area contributed by atoms with Crippen molar-refractivity contribution in [3.63, 3.8) is 0 Å². The zero-order chi connectivity index (χ0) is 13.2. The number of nitrogens with zero attached hydrogens (tertiary/aromatic N) is 4. The van der Waals surface area contributed by atoms with Crippen molar-refractivity contribution in [3.05, 3.63) is 54.2 Å². The van der Waals surface area contributed by atoms with Crippen LogP contribution in [0.4, 0.5) is 0 Å². The van der Waals surface area contributed by atoms with Gasteiger partial charge in [-0.2, -0.15) is 10.1 Å². The Bertz CT molecular complexity index is 673. The van der Waals surface area contributed by atoms with Gasteiger partial charge >= 0.3 is 0 Å². The lowest BCUT2D eigenvalue weighted by atomic mass is 10.2. The first-order valence-corrected chi connectivity index (χ1v) is 5.87. The molecule has 0 amide bonds. The smallest absolute Gasteiger partial charge is 0.248 e. The molecule has 1 atom stereocenters. The summed E-state index contributed by atoms with van der Waals surface area (Å²) in [5, 5.41) is 8.02. The third kappa shape index (κ3) is 2.25. The lowest BCUT2D eigenvalue weighted by Crippen LogP contribution is -2.11. The number of benzene rings is 1. The van der Waals surface area contributed by atoms with Gasteiger partial charge in [0.15, 0.2) is 0 Å². The quantitative estimate of drug-likeness (QED) is 0.767. The minimum atomic E-state index is -0.460. The molecular formula is C13H13N5O. The highest BCUT2D eigenvalue weighted by atomic mass is 16.5. The maximum atomic E-state index is 6.07. The summed E-state index contributed by atoms with van der Waals surface area (Å²) in [5.74, 6) is 0.918. The van der Waals surface area contributed by atoms with E-state index in [1.165, 1.54) is 0 Å². The van der Waals surface area contributed by atoms with Gasteiger partial charge in [-0.15, -0.1) is 0 Å². The van der Waals surface area contributed by atoms with E-state index in [1.54, 1.807) is 10.9 Å². The molecule has 96 valence electrons. The van der Waals surface area contributed by atoms with Crippen LogP contribution in [0.2, 0.25) is 0 Å². The van der Waals surface area contributed by atoms with Crippen molar-refractivity contribution in [3.8, 4) is 11.4 Å². The molecule has 2 aromatic heterocycles. The number of rotatable bonds is 3. The topological polar surface area (TPSA) is 82.8 Å². The molecule has 6 nitrogen and oxygen atoms in total. The molecule has 1 unspecified atom stereocenters. The van der Waals surface area contributed by atoms with E-state index < -0.39 is 6.04 Å². The third-order valence-electron chi connectivity index (χ3n) is 2.82. The highest BCUT2D eigenvalue weighted by Crippen LogP contribution is 2.21. The van der Waals surface area contributed by atoms with E-state index in [1.807, 2.05) is 43.6 Å². The predicted octanol–water partition coefficient (Wildman–Crippen LogP) is 1.52. The Labute approximate surface area is 109 Å². The summed E-state index contributed by atoms with van der Waals surface area (Å²) in [6, 6.07) is 9.16. The first-order chi connectivity index (χ1) is 9.24. The van der Waals surface area contributed by atoms with Crippen LogP contribution in [0, 0.1) is 0 Å². The number of hydrogen-bond donors (Lipinski definition) is 1. The fourth-order valence-corrected chi connectivity index (χ4v) is 1.81. The largest absolute Gasteiger partial charge is 0.337 e. The standard InChI is InChI=1S/C13H13N5O/c1-18-8-10(7-15-18)11(14)13-16-12(17-19-13)9-5-3-2-4-6-9/h2-8,11H,14H2,1H3. The Morgan fingerprint density at radius 2 is 2.05 bits per heavy atom. The molecule has 0 spiro atoms. The molecule has 0 aliphatic carbocycles. The molecule has 0 bridgehead atoms. The molecule has 3 aromatic rings. The van der Waals surface area contributed by atoms with Crippen molar-refractivity contribution in [2.75, 3.05) is 0 Å². The lowest BCUT2D eigenvalue weighted by molar-refractivity contribution is 0.367. The normalized spacial score (nSPS) is 12.5. The zero-order valence-corrected chi connectivity index (χ0v) is 10.4. The second-order valence-corrected chi connectivity index (χ2v) is 4.25. The van der Waals surface area contributed by atoms with Crippen LogP contribution in [-0.2, 0) is 7.05 Å². The van der Waals surface area contributed by atoms with Gasteiger partial charge in [0.05, 0.1) is 6.20 Å². The van der Waals surface area contributed by atoms with Crippen LogP contribution in [0.25, 0.3) is 11.4 Å². The number of aryl methyl sites for hydroxylation is 1. The maximum Gasteiger partial charge on any atom is 0.248 e. The summed E-state index contributed by atoms with van der Waals surface area (Å²) in [6.07, 6.45) is 3.52. The molecule has 0 saturated carbocycles. The van der Waals surface area contributed by atoms with E-state index in [-0.39, 0.29) is 0 Å². The summed E-state index contributed by atoms with van der Waals surface area (Å²) in [7, 11) is 1.83. The average Bonchev–Trinajstić information content (AvgIpc) is 3.08. The van der Waals surface area contributed by atoms with Crippen molar-refractivity contribution in [2.24, 2.45) is 12.8 Å². The van der Waals surface area contributed by atoms with E-state index in [0.29, 0.717) is 11.7 Å². The molecule has 6 heteroatoms. The van der Waals surface area contributed by atoms with Crippen LogP contribution in [0.5, 0.6) is 0 Å². The van der Waals surface area contributed by atoms with E-state index in [0.717, 1.165) is 11.1 Å². The summed E-state index contributed by atoms with van der Waals surface area (Å²) in [6.45, 7) is 0. The zero-order valence-electron chi connectivity index (χ0n) is 10.4. The Hall–Kier alpha value is -2.47. The molecule has 19 heavy (non-hydrogen) atoms.